The second kappa shape index (κ2) is 8.87. The SMILES string of the molecule is O=C(NC1CCCCCC1)c1cc(NCCc2c[nH]c3ccccc23)ncn1. The molecule has 1 fully saturated rings. The maximum Gasteiger partial charge on any atom is 0.270 e. The van der Waals surface area contributed by atoms with E-state index in [2.05, 4.69) is 50.0 Å². The molecule has 28 heavy (non-hydrogen) atoms. The number of carbonyl (C=O) groups is 1. The molecule has 0 atom stereocenters. The van der Waals surface area contributed by atoms with Crippen molar-refractivity contribution in [2.75, 3.05) is 11.9 Å². The number of nitrogens with one attached hydrogen (secondary N) is 3. The summed E-state index contributed by atoms with van der Waals surface area (Å²) >= 11 is 0. The number of nitrogens with zero attached hydrogens (tertiary/aromatic N) is 2. The maximum atomic E-state index is 12.6. The zero-order chi connectivity index (χ0) is 19.2. The number of aromatic amines is 1. The number of benzene rings is 1. The molecule has 6 heteroatoms. The van der Waals surface area contributed by atoms with Gasteiger partial charge in [0.15, 0.2) is 0 Å². The Morgan fingerprint density at radius 1 is 1.11 bits per heavy atom. The highest BCUT2D eigenvalue weighted by Gasteiger charge is 2.17. The van der Waals surface area contributed by atoms with Crippen LogP contribution in [0.3, 0.4) is 0 Å². The van der Waals surface area contributed by atoms with Gasteiger partial charge in [0.1, 0.15) is 17.8 Å². The average Bonchev–Trinajstić information content (AvgIpc) is 2.95. The van der Waals surface area contributed by atoms with E-state index in [1.165, 1.54) is 43.0 Å². The normalized spacial score (nSPS) is 15.3. The highest BCUT2D eigenvalue weighted by molar-refractivity contribution is 5.93. The van der Waals surface area contributed by atoms with E-state index in [-0.39, 0.29) is 11.9 Å². The molecule has 4 rings (SSSR count). The lowest BCUT2D eigenvalue weighted by Crippen LogP contribution is -2.35. The van der Waals surface area contributed by atoms with Gasteiger partial charge in [0, 0.05) is 35.8 Å². The van der Waals surface area contributed by atoms with Crippen LogP contribution in [0.1, 0.15) is 54.6 Å². The molecule has 1 aliphatic carbocycles. The Balaban J connectivity index is 1.33. The van der Waals surface area contributed by atoms with E-state index in [4.69, 9.17) is 0 Å². The van der Waals surface area contributed by atoms with Gasteiger partial charge in [0.2, 0.25) is 0 Å². The molecule has 1 amide bonds. The number of fused-ring (bicyclic) bond motifs is 1. The van der Waals surface area contributed by atoms with Gasteiger partial charge >= 0.3 is 0 Å². The van der Waals surface area contributed by atoms with Gasteiger partial charge in [-0.25, -0.2) is 9.97 Å². The van der Waals surface area contributed by atoms with Crippen molar-refractivity contribution in [2.24, 2.45) is 0 Å². The number of hydrogen-bond acceptors (Lipinski definition) is 4. The molecule has 3 aromatic rings. The average molecular weight is 377 g/mol. The molecular formula is C22H27N5O. The van der Waals surface area contributed by atoms with Gasteiger partial charge in [-0.15, -0.1) is 0 Å². The second-order valence-corrected chi connectivity index (χ2v) is 7.49. The minimum atomic E-state index is -0.103. The van der Waals surface area contributed by atoms with Crippen LogP contribution in [0.2, 0.25) is 0 Å². The molecule has 0 aliphatic heterocycles. The number of hydrogen-bond donors (Lipinski definition) is 3. The van der Waals surface area contributed by atoms with Crippen molar-refractivity contribution in [3.8, 4) is 0 Å². The van der Waals surface area contributed by atoms with Gasteiger partial charge in [-0.3, -0.25) is 4.79 Å². The molecule has 1 saturated carbocycles. The summed E-state index contributed by atoms with van der Waals surface area (Å²) in [7, 11) is 0. The van der Waals surface area contributed by atoms with Crippen molar-refractivity contribution < 1.29 is 4.79 Å². The maximum absolute atomic E-state index is 12.6. The fourth-order valence-electron chi connectivity index (χ4n) is 3.92. The number of carbonyl (C=O) groups excluding carboxylic acids is 1. The summed E-state index contributed by atoms with van der Waals surface area (Å²) in [5.41, 5.74) is 2.84. The molecule has 2 aromatic heterocycles. The summed E-state index contributed by atoms with van der Waals surface area (Å²) in [4.78, 5) is 24.3. The van der Waals surface area contributed by atoms with Crippen molar-refractivity contribution in [2.45, 2.75) is 51.0 Å². The Morgan fingerprint density at radius 3 is 2.79 bits per heavy atom. The summed E-state index contributed by atoms with van der Waals surface area (Å²) in [5, 5.41) is 7.70. The topological polar surface area (TPSA) is 82.7 Å². The monoisotopic (exact) mass is 377 g/mol. The van der Waals surface area contributed by atoms with Crippen molar-refractivity contribution in [1.29, 1.82) is 0 Å². The number of anilines is 1. The Bertz CT molecular complexity index is 927. The number of rotatable bonds is 6. The van der Waals surface area contributed by atoms with Gasteiger partial charge in [-0.2, -0.15) is 0 Å². The molecule has 2 heterocycles. The molecule has 6 nitrogen and oxygen atoms in total. The molecule has 146 valence electrons. The van der Waals surface area contributed by atoms with Crippen LogP contribution in [0, 0.1) is 0 Å². The van der Waals surface area contributed by atoms with E-state index < -0.39 is 0 Å². The first-order valence-electron chi connectivity index (χ1n) is 10.2. The molecule has 3 N–H and O–H groups in total. The molecule has 0 saturated heterocycles. The predicted octanol–water partition coefficient (Wildman–Crippen LogP) is 4.07. The van der Waals surface area contributed by atoms with Crippen LogP contribution >= 0.6 is 0 Å². The highest BCUT2D eigenvalue weighted by atomic mass is 16.1. The number of para-hydroxylation sites is 1. The molecular weight excluding hydrogens is 350 g/mol. The first-order valence-corrected chi connectivity index (χ1v) is 10.2. The lowest BCUT2D eigenvalue weighted by molar-refractivity contribution is 0.0928. The number of aromatic nitrogens is 3. The zero-order valence-corrected chi connectivity index (χ0v) is 16.1. The Labute approximate surface area is 165 Å². The van der Waals surface area contributed by atoms with Crippen molar-refractivity contribution >= 4 is 22.6 Å². The van der Waals surface area contributed by atoms with E-state index >= 15 is 0 Å². The van der Waals surface area contributed by atoms with Crippen molar-refractivity contribution in [3.63, 3.8) is 0 Å². The van der Waals surface area contributed by atoms with Gasteiger partial charge in [0.25, 0.3) is 5.91 Å². The molecule has 0 spiro atoms. The summed E-state index contributed by atoms with van der Waals surface area (Å²) in [5.74, 6) is 0.579. The Morgan fingerprint density at radius 2 is 1.93 bits per heavy atom. The summed E-state index contributed by atoms with van der Waals surface area (Å²) < 4.78 is 0. The number of H-pyrrole nitrogens is 1. The van der Waals surface area contributed by atoms with E-state index in [0.29, 0.717) is 11.5 Å². The van der Waals surface area contributed by atoms with Crippen LogP contribution in [-0.4, -0.2) is 33.4 Å². The quantitative estimate of drug-likeness (QED) is 0.566. The van der Waals surface area contributed by atoms with E-state index in [1.807, 2.05) is 6.07 Å². The zero-order valence-electron chi connectivity index (χ0n) is 16.1. The van der Waals surface area contributed by atoms with Gasteiger partial charge in [-0.05, 0) is 30.9 Å². The largest absolute Gasteiger partial charge is 0.370 e. The van der Waals surface area contributed by atoms with Crippen LogP contribution < -0.4 is 10.6 Å². The van der Waals surface area contributed by atoms with E-state index in [0.717, 1.165) is 31.3 Å². The van der Waals surface area contributed by atoms with Gasteiger partial charge in [-0.1, -0.05) is 43.9 Å². The van der Waals surface area contributed by atoms with Crippen LogP contribution in [0.4, 0.5) is 5.82 Å². The van der Waals surface area contributed by atoms with E-state index in [1.54, 1.807) is 6.07 Å². The molecule has 0 unspecified atom stereocenters. The van der Waals surface area contributed by atoms with Crippen LogP contribution in [0.25, 0.3) is 10.9 Å². The van der Waals surface area contributed by atoms with Crippen LogP contribution in [0.15, 0.2) is 42.9 Å². The van der Waals surface area contributed by atoms with Crippen LogP contribution in [-0.2, 0) is 6.42 Å². The van der Waals surface area contributed by atoms with Crippen LogP contribution in [0.5, 0.6) is 0 Å². The molecule has 0 bridgehead atoms. The molecule has 1 aromatic carbocycles. The minimum absolute atomic E-state index is 0.103. The van der Waals surface area contributed by atoms with Gasteiger partial charge in [0.05, 0.1) is 0 Å². The first-order chi connectivity index (χ1) is 13.8. The third kappa shape index (κ3) is 4.50. The number of amides is 1. The third-order valence-electron chi connectivity index (χ3n) is 5.47. The van der Waals surface area contributed by atoms with Crippen molar-refractivity contribution in [3.05, 3.63) is 54.1 Å². The summed E-state index contributed by atoms with van der Waals surface area (Å²) in [6.07, 6.45) is 11.4. The Hall–Kier alpha value is -2.89. The smallest absolute Gasteiger partial charge is 0.270 e. The first kappa shape index (κ1) is 18.5. The fraction of sp³-hybridized carbons (Fsp3) is 0.409. The highest BCUT2D eigenvalue weighted by Crippen LogP contribution is 2.19. The summed E-state index contributed by atoms with van der Waals surface area (Å²) in [6, 6.07) is 10.3. The Kier molecular flexibility index (Phi) is 5.85. The molecule has 0 radical (unpaired) electrons. The van der Waals surface area contributed by atoms with Crippen molar-refractivity contribution in [1.82, 2.24) is 20.3 Å². The molecule has 1 aliphatic rings. The predicted molar refractivity (Wildman–Crippen MR) is 111 cm³/mol. The second-order valence-electron chi connectivity index (χ2n) is 7.49. The minimum Gasteiger partial charge on any atom is -0.370 e. The lowest BCUT2D eigenvalue weighted by Gasteiger charge is -2.16. The van der Waals surface area contributed by atoms with E-state index in [9.17, 15) is 4.79 Å². The lowest BCUT2D eigenvalue weighted by atomic mass is 10.1. The summed E-state index contributed by atoms with van der Waals surface area (Å²) in [6.45, 7) is 0.739. The fourth-order valence-corrected chi connectivity index (χ4v) is 3.92. The van der Waals surface area contributed by atoms with Gasteiger partial charge < -0.3 is 15.6 Å². The third-order valence-corrected chi connectivity index (χ3v) is 5.47. The standard InChI is InChI=1S/C22H27N5O/c28-22(27-17-7-3-1-2-4-8-17)20-13-21(26-15-25-20)23-12-11-16-14-24-19-10-6-5-9-18(16)19/h5-6,9-10,13-15,17,24H,1-4,7-8,11-12H2,(H,27,28)(H,23,25,26).